The van der Waals surface area contributed by atoms with E-state index in [1.807, 2.05) is 30.3 Å². The van der Waals surface area contributed by atoms with Crippen LogP contribution in [0.2, 0.25) is 10.0 Å². The van der Waals surface area contributed by atoms with Gasteiger partial charge in [-0.15, -0.1) is 0 Å². The second-order valence-corrected chi connectivity index (χ2v) is 6.42. The molecule has 0 saturated heterocycles. The highest BCUT2D eigenvalue weighted by Crippen LogP contribution is 2.31. The van der Waals surface area contributed by atoms with E-state index in [-0.39, 0.29) is 16.7 Å². The lowest BCUT2D eigenvalue weighted by Crippen LogP contribution is -2.37. The number of rotatable bonds is 5. The lowest BCUT2D eigenvalue weighted by Gasteiger charge is -2.26. The molecule has 2 aromatic carbocycles. The number of carbonyl (C=O) groups is 1. The number of para-hydroxylation sites is 2. The van der Waals surface area contributed by atoms with Crippen LogP contribution in [0.1, 0.15) is 0 Å². The van der Waals surface area contributed by atoms with Crippen LogP contribution < -0.4 is 20.1 Å². The summed E-state index contributed by atoms with van der Waals surface area (Å²) in [5, 5.41) is 15.2. The molecule has 27 heavy (non-hydrogen) atoms. The third-order valence-electron chi connectivity index (χ3n) is 3.72. The molecule has 0 bridgehead atoms. The average Bonchev–Trinajstić information content (AvgIpc) is 2.68. The minimum atomic E-state index is -0.597. The van der Waals surface area contributed by atoms with E-state index in [0.29, 0.717) is 35.4 Å². The smallest absolute Gasteiger partial charge is 0.267 e. The largest absolute Gasteiger partial charge is 0.486 e. The van der Waals surface area contributed by atoms with Gasteiger partial charge in [0.2, 0.25) is 0 Å². The van der Waals surface area contributed by atoms with Gasteiger partial charge in [-0.2, -0.15) is 5.26 Å². The molecule has 2 aromatic rings. The van der Waals surface area contributed by atoms with Crippen LogP contribution in [-0.2, 0) is 4.79 Å². The van der Waals surface area contributed by atoms with Crippen molar-refractivity contribution in [1.82, 2.24) is 5.32 Å². The number of halogens is 2. The van der Waals surface area contributed by atoms with E-state index < -0.39 is 5.91 Å². The number of nitrogens with zero attached hydrogens (tertiary/aromatic N) is 1. The minimum Gasteiger partial charge on any atom is -0.486 e. The van der Waals surface area contributed by atoms with E-state index in [1.54, 1.807) is 18.2 Å². The molecule has 0 saturated carbocycles. The maximum Gasteiger partial charge on any atom is 0.267 e. The SMILES string of the molecule is N#C/C(=C/NCC1COc2ccccc2O1)C(=O)Nc1cccc(Cl)c1Cl. The zero-order chi connectivity index (χ0) is 19.2. The maximum absolute atomic E-state index is 12.3. The second kappa shape index (κ2) is 8.67. The molecule has 1 amide bonds. The molecule has 0 fully saturated rings. The number of hydrogen-bond donors (Lipinski definition) is 2. The topological polar surface area (TPSA) is 83.4 Å². The molecule has 0 radical (unpaired) electrons. The summed E-state index contributed by atoms with van der Waals surface area (Å²) >= 11 is 12.0. The van der Waals surface area contributed by atoms with Crippen LogP contribution in [0.15, 0.2) is 54.2 Å². The van der Waals surface area contributed by atoms with Crippen molar-refractivity contribution in [2.45, 2.75) is 6.10 Å². The Morgan fingerprint density at radius 2 is 2.00 bits per heavy atom. The molecular weight excluding hydrogens is 389 g/mol. The Bertz CT molecular complexity index is 925. The normalized spacial score (nSPS) is 15.6. The van der Waals surface area contributed by atoms with E-state index in [1.165, 1.54) is 6.20 Å². The summed E-state index contributed by atoms with van der Waals surface area (Å²) in [5.41, 5.74) is 0.221. The van der Waals surface area contributed by atoms with Gasteiger partial charge in [-0.1, -0.05) is 41.4 Å². The number of carbonyl (C=O) groups excluding carboxylic acids is 1. The van der Waals surface area contributed by atoms with E-state index >= 15 is 0 Å². The third kappa shape index (κ3) is 4.64. The van der Waals surface area contributed by atoms with Gasteiger partial charge < -0.3 is 20.1 Å². The van der Waals surface area contributed by atoms with Crippen LogP contribution in [0.5, 0.6) is 11.5 Å². The Kier molecular flexibility index (Phi) is 6.07. The fourth-order valence-corrected chi connectivity index (χ4v) is 2.74. The first-order valence-corrected chi connectivity index (χ1v) is 8.81. The molecule has 1 atom stereocenters. The second-order valence-electron chi connectivity index (χ2n) is 5.63. The molecule has 0 aliphatic carbocycles. The number of amides is 1. The maximum atomic E-state index is 12.3. The predicted octanol–water partition coefficient (Wildman–Crippen LogP) is 3.77. The molecule has 1 aliphatic rings. The Hall–Kier alpha value is -2.88. The Labute approximate surface area is 166 Å². The molecule has 1 unspecified atom stereocenters. The number of hydrogen-bond acceptors (Lipinski definition) is 5. The van der Waals surface area contributed by atoms with Crippen molar-refractivity contribution in [3.63, 3.8) is 0 Å². The summed E-state index contributed by atoms with van der Waals surface area (Å²) in [7, 11) is 0. The summed E-state index contributed by atoms with van der Waals surface area (Å²) in [6.07, 6.45) is 1.08. The first-order valence-electron chi connectivity index (χ1n) is 8.06. The molecule has 0 spiro atoms. The Morgan fingerprint density at radius 3 is 2.78 bits per heavy atom. The van der Waals surface area contributed by atoms with Crippen LogP contribution in [0.3, 0.4) is 0 Å². The van der Waals surface area contributed by atoms with Crippen molar-refractivity contribution in [2.24, 2.45) is 0 Å². The van der Waals surface area contributed by atoms with E-state index in [9.17, 15) is 10.1 Å². The van der Waals surface area contributed by atoms with E-state index in [4.69, 9.17) is 32.7 Å². The van der Waals surface area contributed by atoms with Crippen molar-refractivity contribution in [1.29, 1.82) is 5.26 Å². The van der Waals surface area contributed by atoms with Gasteiger partial charge in [-0.05, 0) is 24.3 Å². The highest BCUT2D eigenvalue weighted by atomic mass is 35.5. The van der Waals surface area contributed by atoms with Gasteiger partial charge in [-0.25, -0.2) is 0 Å². The van der Waals surface area contributed by atoms with Crippen LogP contribution >= 0.6 is 23.2 Å². The highest BCUT2D eigenvalue weighted by Gasteiger charge is 2.20. The van der Waals surface area contributed by atoms with Gasteiger partial charge in [0, 0.05) is 6.20 Å². The number of benzene rings is 2. The van der Waals surface area contributed by atoms with Gasteiger partial charge in [0.25, 0.3) is 5.91 Å². The standard InChI is InChI=1S/C19H15Cl2N3O3/c20-14-4-3-5-15(18(14)21)24-19(25)12(8-22)9-23-10-13-11-26-16-6-1-2-7-17(16)27-13/h1-7,9,13,23H,10-11H2,(H,24,25)/b12-9-. The fraction of sp³-hybridized carbons (Fsp3) is 0.158. The number of fused-ring (bicyclic) bond motifs is 1. The molecule has 0 aromatic heterocycles. The van der Waals surface area contributed by atoms with Crippen LogP contribution in [0, 0.1) is 11.3 Å². The Balaban J connectivity index is 1.58. The van der Waals surface area contributed by atoms with Crippen molar-refractivity contribution in [2.75, 3.05) is 18.5 Å². The zero-order valence-electron chi connectivity index (χ0n) is 14.0. The molecule has 6 nitrogen and oxygen atoms in total. The molecule has 3 rings (SSSR count). The Morgan fingerprint density at radius 1 is 1.22 bits per heavy atom. The van der Waals surface area contributed by atoms with E-state index in [0.717, 1.165) is 0 Å². The highest BCUT2D eigenvalue weighted by molar-refractivity contribution is 6.44. The minimum absolute atomic E-state index is 0.108. The third-order valence-corrected chi connectivity index (χ3v) is 4.54. The fourth-order valence-electron chi connectivity index (χ4n) is 2.39. The number of anilines is 1. The lowest BCUT2D eigenvalue weighted by atomic mass is 10.2. The molecule has 2 N–H and O–H groups in total. The molecule has 1 aliphatic heterocycles. The zero-order valence-corrected chi connectivity index (χ0v) is 15.6. The molecule has 8 heteroatoms. The van der Waals surface area contributed by atoms with Gasteiger partial charge in [0.05, 0.1) is 22.3 Å². The van der Waals surface area contributed by atoms with Crippen LogP contribution in [-0.4, -0.2) is 25.2 Å². The molecule has 1 heterocycles. The lowest BCUT2D eigenvalue weighted by molar-refractivity contribution is -0.112. The number of ether oxygens (including phenoxy) is 2. The number of nitrogens with one attached hydrogen (secondary N) is 2. The summed E-state index contributed by atoms with van der Waals surface area (Å²) < 4.78 is 11.4. The van der Waals surface area contributed by atoms with Crippen molar-refractivity contribution in [3.8, 4) is 17.6 Å². The van der Waals surface area contributed by atoms with E-state index in [2.05, 4.69) is 10.6 Å². The monoisotopic (exact) mass is 403 g/mol. The molecule has 138 valence electrons. The summed E-state index contributed by atoms with van der Waals surface area (Å²) in [6.45, 7) is 0.731. The summed E-state index contributed by atoms with van der Waals surface area (Å²) in [4.78, 5) is 12.3. The first kappa shape index (κ1) is 18.9. The predicted molar refractivity (Wildman–Crippen MR) is 103 cm³/mol. The summed E-state index contributed by atoms with van der Waals surface area (Å²) in [6, 6.07) is 14.1. The van der Waals surface area contributed by atoms with Crippen molar-refractivity contribution >= 4 is 34.8 Å². The van der Waals surface area contributed by atoms with Gasteiger partial charge in [0.15, 0.2) is 11.5 Å². The van der Waals surface area contributed by atoms with Crippen molar-refractivity contribution in [3.05, 3.63) is 64.3 Å². The molecular formula is C19H15Cl2N3O3. The average molecular weight is 404 g/mol. The van der Waals surface area contributed by atoms with Crippen LogP contribution in [0.4, 0.5) is 5.69 Å². The summed E-state index contributed by atoms with van der Waals surface area (Å²) in [5.74, 6) is 0.758. The van der Waals surface area contributed by atoms with Gasteiger partial charge in [0.1, 0.15) is 24.4 Å². The van der Waals surface area contributed by atoms with Crippen molar-refractivity contribution < 1.29 is 14.3 Å². The van der Waals surface area contributed by atoms with Gasteiger partial charge >= 0.3 is 0 Å². The number of nitriles is 1. The first-order chi connectivity index (χ1) is 13.1. The van der Waals surface area contributed by atoms with Gasteiger partial charge in [-0.3, -0.25) is 4.79 Å². The van der Waals surface area contributed by atoms with Crippen LogP contribution in [0.25, 0.3) is 0 Å². The quantitative estimate of drug-likeness (QED) is 0.586.